The molecule has 1 fully saturated rings. The van der Waals surface area contributed by atoms with Crippen molar-refractivity contribution in [1.29, 1.82) is 0 Å². The van der Waals surface area contributed by atoms with Gasteiger partial charge in [-0.2, -0.15) is 0 Å². The quantitative estimate of drug-likeness (QED) is 0.733. The SMILES string of the molecule is Nc1ccc(CC2(O)CCS(=O)(=O)C2)cc1. The lowest BCUT2D eigenvalue weighted by Crippen LogP contribution is -2.32. The Morgan fingerprint density at radius 3 is 2.44 bits per heavy atom. The van der Waals surface area contributed by atoms with Crippen molar-refractivity contribution in [3.63, 3.8) is 0 Å². The summed E-state index contributed by atoms with van der Waals surface area (Å²) in [5.74, 6) is -0.0527. The van der Waals surface area contributed by atoms with Crippen LogP contribution >= 0.6 is 0 Å². The number of anilines is 1. The maximum absolute atomic E-state index is 11.3. The highest BCUT2D eigenvalue weighted by Crippen LogP contribution is 2.27. The number of nitrogen functional groups attached to an aromatic ring is 1. The zero-order valence-electron chi connectivity index (χ0n) is 8.89. The van der Waals surface area contributed by atoms with Gasteiger partial charge in [0, 0.05) is 12.1 Å². The molecule has 88 valence electrons. The van der Waals surface area contributed by atoms with E-state index in [2.05, 4.69) is 0 Å². The summed E-state index contributed by atoms with van der Waals surface area (Å²) in [6.07, 6.45) is 0.687. The van der Waals surface area contributed by atoms with Gasteiger partial charge in [0.15, 0.2) is 9.84 Å². The van der Waals surface area contributed by atoms with Crippen LogP contribution in [0.2, 0.25) is 0 Å². The molecule has 0 amide bonds. The van der Waals surface area contributed by atoms with E-state index >= 15 is 0 Å². The first-order chi connectivity index (χ1) is 7.39. The summed E-state index contributed by atoms with van der Waals surface area (Å²) in [6, 6.07) is 7.14. The van der Waals surface area contributed by atoms with Crippen molar-refractivity contribution in [1.82, 2.24) is 0 Å². The van der Waals surface area contributed by atoms with E-state index in [1.807, 2.05) is 12.1 Å². The molecular weight excluding hydrogens is 226 g/mol. The molecule has 0 saturated carbocycles. The van der Waals surface area contributed by atoms with Crippen molar-refractivity contribution >= 4 is 15.5 Å². The average molecular weight is 241 g/mol. The van der Waals surface area contributed by atoms with Crippen molar-refractivity contribution in [2.75, 3.05) is 17.2 Å². The third-order valence-corrected chi connectivity index (χ3v) is 4.68. The van der Waals surface area contributed by atoms with Crippen molar-refractivity contribution in [3.05, 3.63) is 29.8 Å². The van der Waals surface area contributed by atoms with Crippen LogP contribution in [0.5, 0.6) is 0 Å². The van der Waals surface area contributed by atoms with Gasteiger partial charge < -0.3 is 10.8 Å². The fourth-order valence-electron chi connectivity index (χ4n) is 2.05. The molecular formula is C11H15NO3S. The Morgan fingerprint density at radius 1 is 1.31 bits per heavy atom. The molecule has 0 aromatic heterocycles. The Morgan fingerprint density at radius 2 is 1.94 bits per heavy atom. The summed E-state index contributed by atoms with van der Waals surface area (Å²) in [4.78, 5) is 0. The molecule has 1 aliphatic heterocycles. The van der Waals surface area contributed by atoms with Crippen molar-refractivity contribution in [2.24, 2.45) is 0 Å². The van der Waals surface area contributed by atoms with Crippen LogP contribution in [0.3, 0.4) is 0 Å². The van der Waals surface area contributed by atoms with Crippen molar-refractivity contribution < 1.29 is 13.5 Å². The van der Waals surface area contributed by atoms with Gasteiger partial charge >= 0.3 is 0 Å². The van der Waals surface area contributed by atoms with Crippen LogP contribution in [0.4, 0.5) is 5.69 Å². The summed E-state index contributed by atoms with van der Waals surface area (Å²) in [7, 11) is -3.06. The van der Waals surface area contributed by atoms with Gasteiger partial charge in [0.1, 0.15) is 0 Å². The van der Waals surface area contributed by atoms with E-state index < -0.39 is 15.4 Å². The van der Waals surface area contributed by atoms with Gasteiger partial charge in [-0.05, 0) is 24.1 Å². The highest BCUT2D eigenvalue weighted by atomic mass is 32.2. The smallest absolute Gasteiger partial charge is 0.153 e. The minimum atomic E-state index is -3.06. The molecule has 1 unspecified atom stereocenters. The summed E-state index contributed by atoms with van der Waals surface area (Å²) < 4.78 is 22.6. The molecule has 0 aliphatic carbocycles. The van der Waals surface area contributed by atoms with E-state index in [1.165, 1.54) is 0 Å². The van der Waals surface area contributed by atoms with Gasteiger partial charge in [0.25, 0.3) is 0 Å². The Hall–Kier alpha value is -1.07. The summed E-state index contributed by atoms with van der Waals surface area (Å²) in [6.45, 7) is 0. The van der Waals surface area contributed by atoms with E-state index in [9.17, 15) is 13.5 Å². The second-order valence-corrected chi connectivity index (χ2v) is 6.67. The molecule has 0 spiro atoms. The number of rotatable bonds is 2. The standard InChI is InChI=1S/C11H15NO3S/c12-10-3-1-9(2-4-10)7-11(13)5-6-16(14,15)8-11/h1-4,13H,5-8,12H2. The second kappa shape index (κ2) is 3.75. The zero-order valence-corrected chi connectivity index (χ0v) is 9.70. The molecule has 5 heteroatoms. The highest BCUT2D eigenvalue weighted by molar-refractivity contribution is 7.91. The molecule has 1 heterocycles. The molecule has 1 aromatic rings. The third kappa shape index (κ3) is 2.54. The van der Waals surface area contributed by atoms with Crippen LogP contribution < -0.4 is 5.73 Å². The summed E-state index contributed by atoms with van der Waals surface area (Å²) in [5.41, 5.74) is 6.02. The minimum Gasteiger partial charge on any atom is -0.399 e. The molecule has 1 aromatic carbocycles. The predicted octanol–water partition coefficient (Wildman–Crippen LogP) is 0.361. The first kappa shape index (κ1) is 11.4. The van der Waals surface area contributed by atoms with E-state index in [0.29, 0.717) is 18.5 Å². The van der Waals surface area contributed by atoms with E-state index in [-0.39, 0.29) is 11.5 Å². The number of benzene rings is 1. The molecule has 0 bridgehead atoms. The molecule has 16 heavy (non-hydrogen) atoms. The van der Waals surface area contributed by atoms with Crippen LogP contribution in [-0.2, 0) is 16.3 Å². The van der Waals surface area contributed by atoms with Crippen LogP contribution in [0, 0.1) is 0 Å². The molecule has 0 radical (unpaired) electrons. The predicted molar refractivity (Wildman–Crippen MR) is 62.8 cm³/mol. The second-order valence-electron chi connectivity index (χ2n) is 4.48. The molecule has 3 N–H and O–H groups in total. The number of hydrogen-bond acceptors (Lipinski definition) is 4. The van der Waals surface area contributed by atoms with Crippen LogP contribution in [-0.4, -0.2) is 30.6 Å². The molecule has 4 nitrogen and oxygen atoms in total. The molecule has 2 rings (SSSR count). The van der Waals surface area contributed by atoms with Crippen LogP contribution in [0.25, 0.3) is 0 Å². The maximum atomic E-state index is 11.3. The number of nitrogens with two attached hydrogens (primary N) is 1. The summed E-state index contributed by atoms with van der Waals surface area (Å²) >= 11 is 0. The molecule has 1 atom stereocenters. The lowest BCUT2D eigenvalue weighted by molar-refractivity contribution is 0.0682. The van der Waals surface area contributed by atoms with E-state index in [0.717, 1.165) is 5.56 Å². The van der Waals surface area contributed by atoms with E-state index in [1.54, 1.807) is 12.1 Å². The highest BCUT2D eigenvalue weighted by Gasteiger charge is 2.40. The zero-order chi connectivity index (χ0) is 11.8. The first-order valence-corrected chi connectivity index (χ1v) is 6.98. The van der Waals surface area contributed by atoms with Crippen LogP contribution in [0.15, 0.2) is 24.3 Å². The topological polar surface area (TPSA) is 80.4 Å². The minimum absolute atomic E-state index is 0.0818. The van der Waals surface area contributed by atoms with Gasteiger partial charge in [-0.3, -0.25) is 0 Å². The largest absolute Gasteiger partial charge is 0.399 e. The number of sulfone groups is 1. The van der Waals surface area contributed by atoms with Crippen LogP contribution in [0.1, 0.15) is 12.0 Å². The molecule has 1 aliphatic rings. The van der Waals surface area contributed by atoms with Gasteiger partial charge in [0.05, 0.1) is 17.1 Å². The third-order valence-electron chi connectivity index (χ3n) is 2.88. The fourth-order valence-corrected chi connectivity index (χ4v) is 3.95. The van der Waals surface area contributed by atoms with Gasteiger partial charge in [0.2, 0.25) is 0 Å². The fraction of sp³-hybridized carbons (Fsp3) is 0.455. The average Bonchev–Trinajstić information content (AvgIpc) is 2.45. The van der Waals surface area contributed by atoms with Gasteiger partial charge in [-0.1, -0.05) is 12.1 Å². The first-order valence-electron chi connectivity index (χ1n) is 5.16. The Bertz CT molecular complexity index is 480. The molecule has 1 saturated heterocycles. The van der Waals surface area contributed by atoms with Gasteiger partial charge in [-0.25, -0.2) is 8.42 Å². The maximum Gasteiger partial charge on any atom is 0.153 e. The normalized spacial score (nSPS) is 28.1. The van der Waals surface area contributed by atoms with Crippen molar-refractivity contribution in [2.45, 2.75) is 18.4 Å². The Kier molecular flexibility index (Phi) is 2.67. The van der Waals surface area contributed by atoms with E-state index in [4.69, 9.17) is 5.73 Å². The lowest BCUT2D eigenvalue weighted by Gasteiger charge is -2.20. The Balaban J connectivity index is 2.13. The number of hydrogen-bond donors (Lipinski definition) is 2. The van der Waals surface area contributed by atoms with Crippen molar-refractivity contribution in [3.8, 4) is 0 Å². The Labute approximate surface area is 95.0 Å². The monoisotopic (exact) mass is 241 g/mol. The van der Waals surface area contributed by atoms with Gasteiger partial charge in [-0.15, -0.1) is 0 Å². The lowest BCUT2D eigenvalue weighted by atomic mass is 9.94. The summed E-state index contributed by atoms with van der Waals surface area (Å²) in [5, 5.41) is 10.1. The number of aliphatic hydroxyl groups is 1.